The minimum atomic E-state index is -0.0673. The lowest BCUT2D eigenvalue weighted by Crippen LogP contribution is -2.11. The molecule has 1 amide bonds. The highest BCUT2D eigenvalue weighted by Gasteiger charge is 2.19. The van der Waals surface area contributed by atoms with Gasteiger partial charge in [-0.15, -0.1) is 0 Å². The zero-order chi connectivity index (χ0) is 26.7. The number of aromatic hydroxyl groups is 1. The number of nitrogen functional groups attached to an aromatic ring is 2. The van der Waals surface area contributed by atoms with Crippen LogP contribution in [0.5, 0.6) is 5.75 Å². The molecule has 0 aliphatic rings. The molecule has 0 aliphatic heterocycles. The van der Waals surface area contributed by atoms with Crippen LogP contribution in [0.1, 0.15) is 44.2 Å². The number of amides is 1. The smallest absolute Gasteiger partial charge is 0.224 e. The minimum Gasteiger partial charge on any atom is -0.507 e. The monoisotopic (exact) mass is 496 g/mol. The number of hydrogen-bond acceptors (Lipinski definition) is 4. The quantitative estimate of drug-likeness (QED) is 0.0919. The van der Waals surface area contributed by atoms with E-state index >= 15 is 0 Å². The van der Waals surface area contributed by atoms with Gasteiger partial charge in [0.2, 0.25) is 5.91 Å². The van der Waals surface area contributed by atoms with Crippen LogP contribution < -0.4 is 16.8 Å². The number of rotatable bonds is 9. The van der Waals surface area contributed by atoms with Gasteiger partial charge in [0.1, 0.15) is 17.4 Å². The highest BCUT2D eigenvalue weighted by atomic mass is 16.3. The number of aromatic amines is 1. The van der Waals surface area contributed by atoms with E-state index in [1.54, 1.807) is 42.5 Å². The van der Waals surface area contributed by atoms with Crippen molar-refractivity contribution in [2.45, 2.75) is 33.1 Å². The summed E-state index contributed by atoms with van der Waals surface area (Å²) in [5.74, 6) is 0.471. The number of H-pyrrole nitrogens is 1. The molecule has 0 saturated carbocycles. The summed E-state index contributed by atoms with van der Waals surface area (Å²) in [4.78, 5) is 15.9. The Morgan fingerprint density at radius 3 is 2.30 bits per heavy atom. The SMILES string of the molecule is CC(C)CCCC(=O)Nc1ccc(O)c(-c2c(-c3ccc(C(=N)N)cc3)[nH]c3cc(C(=N)N)ccc23)c1. The van der Waals surface area contributed by atoms with E-state index in [4.69, 9.17) is 22.3 Å². The molecule has 8 nitrogen and oxygen atoms in total. The standard InChI is InChI=1S/C29H32N6O2/c1-16(2)4-3-5-25(37)34-20-11-13-24(36)22(15-20)26-21-12-10-19(29(32)33)14-23(21)35-27(26)17-6-8-18(9-7-17)28(30)31/h6-16,35-36H,3-5H2,1-2H3,(H3,30,31)(H3,32,33)(H,34,37). The fraction of sp³-hybridized carbons (Fsp3) is 0.207. The van der Waals surface area contributed by atoms with E-state index in [0.29, 0.717) is 34.7 Å². The van der Waals surface area contributed by atoms with Crippen LogP contribution in [0.15, 0.2) is 60.7 Å². The van der Waals surface area contributed by atoms with Gasteiger partial charge in [-0.1, -0.05) is 56.7 Å². The second kappa shape index (κ2) is 10.6. The van der Waals surface area contributed by atoms with E-state index in [2.05, 4.69) is 24.1 Å². The van der Waals surface area contributed by atoms with E-state index in [0.717, 1.165) is 40.6 Å². The summed E-state index contributed by atoms with van der Waals surface area (Å²) >= 11 is 0. The Morgan fingerprint density at radius 2 is 1.65 bits per heavy atom. The second-order valence-corrected chi connectivity index (χ2v) is 9.61. The van der Waals surface area contributed by atoms with E-state index in [9.17, 15) is 9.90 Å². The fourth-order valence-corrected chi connectivity index (χ4v) is 4.39. The van der Waals surface area contributed by atoms with Gasteiger partial charge in [0.25, 0.3) is 0 Å². The van der Waals surface area contributed by atoms with Crippen LogP contribution in [0, 0.1) is 16.7 Å². The van der Waals surface area contributed by atoms with Crippen molar-refractivity contribution in [1.29, 1.82) is 10.8 Å². The van der Waals surface area contributed by atoms with Crippen molar-refractivity contribution >= 4 is 34.2 Å². The third-order valence-corrected chi connectivity index (χ3v) is 6.33. The Kier molecular flexibility index (Phi) is 7.29. The lowest BCUT2D eigenvalue weighted by molar-refractivity contribution is -0.116. The predicted octanol–water partition coefficient (Wildman–Crippen LogP) is 5.54. The summed E-state index contributed by atoms with van der Waals surface area (Å²) in [6.07, 6.45) is 2.23. The van der Waals surface area contributed by atoms with E-state index in [1.165, 1.54) is 0 Å². The number of carbonyl (C=O) groups excluding carboxylic acids is 1. The van der Waals surface area contributed by atoms with Gasteiger partial charge < -0.3 is 26.9 Å². The maximum Gasteiger partial charge on any atom is 0.224 e. The summed E-state index contributed by atoms with van der Waals surface area (Å²) in [6, 6.07) is 17.7. The first-order valence-corrected chi connectivity index (χ1v) is 12.2. The molecule has 190 valence electrons. The summed E-state index contributed by atoms with van der Waals surface area (Å²) in [5.41, 5.74) is 16.7. The summed E-state index contributed by atoms with van der Waals surface area (Å²) < 4.78 is 0. The third kappa shape index (κ3) is 5.64. The van der Waals surface area contributed by atoms with Gasteiger partial charge >= 0.3 is 0 Å². The number of anilines is 1. The predicted molar refractivity (Wildman–Crippen MR) is 150 cm³/mol. The number of fused-ring (bicyclic) bond motifs is 1. The molecule has 9 N–H and O–H groups in total. The van der Waals surface area contributed by atoms with Crippen LogP contribution in [0.25, 0.3) is 33.3 Å². The Labute approximate surface area is 215 Å². The molecule has 1 heterocycles. The Bertz CT molecular complexity index is 1480. The fourth-order valence-electron chi connectivity index (χ4n) is 4.39. The molecule has 0 fully saturated rings. The first-order chi connectivity index (χ1) is 17.6. The minimum absolute atomic E-state index is 0.0241. The Balaban J connectivity index is 1.81. The molecule has 37 heavy (non-hydrogen) atoms. The molecule has 0 bridgehead atoms. The van der Waals surface area contributed by atoms with Crippen molar-refractivity contribution in [3.05, 3.63) is 71.8 Å². The number of nitrogens with one attached hydrogen (secondary N) is 4. The number of aromatic nitrogens is 1. The van der Waals surface area contributed by atoms with Crippen molar-refractivity contribution in [2.75, 3.05) is 5.32 Å². The topological polar surface area (TPSA) is 165 Å². The van der Waals surface area contributed by atoms with Gasteiger partial charge in [-0.2, -0.15) is 0 Å². The highest BCUT2D eigenvalue weighted by molar-refractivity contribution is 6.08. The van der Waals surface area contributed by atoms with Crippen molar-refractivity contribution in [3.8, 4) is 28.1 Å². The maximum atomic E-state index is 12.5. The second-order valence-electron chi connectivity index (χ2n) is 9.61. The molecule has 0 saturated heterocycles. The summed E-state index contributed by atoms with van der Waals surface area (Å²) in [6.45, 7) is 4.27. The van der Waals surface area contributed by atoms with Gasteiger partial charge in [0.05, 0.1) is 5.69 Å². The number of amidine groups is 2. The molecule has 4 rings (SSSR count). The van der Waals surface area contributed by atoms with Crippen LogP contribution in [-0.2, 0) is 4.79 Å². The molecule has 0 spiro atoms. The first-order valence-electron chi connectivity index (χ1n) is 12.2. The summed E-state index contributed by atoms with van der Waals surface area (Å²) in [5, 5.41) is 30.2. The van der Waals surface area contributed by atoms with Crippen molar-refractivity contribution in [2.24, 2.45) is 17.4 Å². The van der Waals surface area contributed by atoms with Crippen LogP contribution in [-0.4, -0.2) is 27.7 Å². The number of phenols is 1. The third-order valence-electron chi connectivity index (χ3n) is 6.33. The Morgan fingerprint density at radius 1 is 0.973 bits per heavy atom. The highest BCUT2D eigenvalue weighted by Crippen LogP contribution is 2.43. The number of carbonyl (C=O) groups is 1. The van der Waals surface area contributed by atoms with Crippen LogP contribution >= 0.6 is 0 Å². The maximum absolute atomic E-state index is 12.5. The zero-order valence-electron chi connectivity index (χ0n) is 21.0. The van der Waals surface area contributed by atoms with Crippen molar-refractivity contribution in [1.82, 2.24) is 4.98 Å². The van der Waals surface area contributed by atoms with Crippen LogP contribution in [0.4, 0.5) is 5.69 Å². The molecule has 0 atom stereocenters. The van der Waals surface area contributed by atoms with Gasteiger partial charge in [-0.05, 0) is 42.2 Å². The average Bonchev–Trinajstić information content (AvgIpc) is 3.23. The van der Waals surface area contributed by atoms with Gasteiger partial charge in [0.15, 0.2) is 0 Å². The molecule has 3 aromatic carbocycles. The molecule has 8 heteroatoms. The van der Waals surface area contributed by atoms with E-state index in [1.807, 2.05) is 18.2 Å². The van der Waals surface area contributed by atoms with Gasteiger partial charge in [-0.25, -0.2) is 0 Å². The number of nitrogens with two attached hydrogens (primary N) is 2. The number of phenolic OH excluding ortho intramolecular Hbond substituents is 1. The van der Waals surface area contributed by atoms with Crippen molar-refractivity contribution < 1.29 is 9.90 Å². The van der Waals surface area contributed by atoms with E-state index < -0.39 is 0 Å². The molecule has 1 aromatic heterocycles. The zero-order valence-corrected chi connectivity index (χ0v) is 21.0. The molecule has 4 aromatic rings. The van der Waals surface area contributed by atoms with Crippen LogP contribution in [0.3, 0.4) is 0 Å². The van der Waals surface area contributed by atoms with Gasteiger partial charge in [-0.3, -0.25) is 15.6 Å². The molecule has 0 aliphatic carbocycles. The normalized spacial score (nSPS) is 11.1. The number of benzene rings is 3. The largest absolute Gasteiger partial charge is 0.507 e. The molecular weight excluding hydrogens is 464 g/mol. The van der Waals surface area contributed by atoms with Crippen molar-refractivity contribution in [3.63, 3.8) is 0 Å². The van der Waals surface area contributed by atoms with Gasteiger partial charge in [0, 0.05) is 45.3 Å². The Hall–Kier alpha value is -4.59. The number of hydrogen-bond donors (Lipinski definition) is 7. The first kappa shape index (κ1) is 25.5. The summed E-state index contributed by atoms with van der Waals surface area (Å²) in [7, 11) is 0. The lowest BCUT2D eigenvalue weighted by atomic mass is 9.96. The molecular formula is C29H32N6O2. The lowest BCUT2D eigenvalue weighted by Gasteiger charge is -2.12. The van der Waals surface area contributed by atoms with Crippen LogP contribution in [0.2, 0.25) is 0 Å². The molecule has 0 unspecified atom stereocenters. The van der Waals surface area contributed by atoms with E-state index in [-0.39, 0.29) is 23.3 Å². The average molecular weight is 497 g/mol. The molecule has 0 radical (unpaired) electrons.